The van der Waals surface area contributed by atoms with Gasteiger partial charge in [0.15, 0.2) is 0 Å². The van der Waals surface area contributed by atoms with Crippen molar-refractivity contribution in [1.82, 2.24) is 10.3 Å². The van der Waals surface area contributed by atoms with Gasteiger partial charge >= 0.3 is 0 Å². The molecular formula is C12H20N2O. The molecule has 1 heterocycles. The summed E-state index contributed by atoms with van der Waals surface area (Å²) < 4.78 is 0. The van der Waals surface area contributed by atoms with Crippen LogP contribution in [0, 0.1) is 11.8 Å². The van der Waals surface area contributed by atoms with E-state index in [0.29, 0.717) is 18.4 Å². The van der Waals surface area contributed by atoms with Gasteiger partial charge < -0.3 is 15.4 Å². The predicted octanol–water partition coefficient (Wildman–Crippen LogP) is 1.51. The van der Waals surface area contributed by atoms with E-state index >= 15 is 0 Å². The lowest BCUT2D eigenvalue weighted by molar-refractivity contribution is 0.192. The standard InChI is InChI=1S/C12H20N2O/c15-9-12-3-1-2-11(12)8-14-7-10-4-5-13-6-10/h4-6,11-15H,1-3,7-9H2. The maximum absolute atomic E-state index is 9.19. The Labute approximate surface area is 90.9 Å². The van der Waals surface area contributed by atoms with Gasteiger partial charge in [0.2, 0.25) is 0 Å². The molecule has 1 saturated carbocycles. The van der Waals surface area contributed by atoms with Gasteiger partial charge in [-0.05, 0) is 42.9 Å². The predicted molar refractivity (Wildman–Crippen MR) is 60.4 cm³/mol. The summed E-state index contributed by atoms with van der Waals surface area (Å²) in [5.41, 5.74) is 1.30. The molecule has 15 heavy (non-hydrogen) atoms. The van der Waals surface area contributed by atoms with E-state index in [1.807, 2.05) is 12.4 Å². The topological polar surface area (TPSA) is 48.0 Å². The zero-order valence-electron chi connectivity index (χ0n) is 9.08. The van der Waals surface area contributed by atoms with Crippen LogP contribution < -0.4 is 5.32 Å². The van der Waals surface area contributed by atoms with Crippen LogP contribution in [0.2, 0.25) is 0 Å². The molecule has 0 aromatic carbocycles. The number of aliphatic hydroxyl groups is 1. The third kappa shape index (κ3) is 2.83. The summed E-state index contributed by atoms with van der Waals surface area (Å²) in [4.78, 5) is 3.05. The zero-order chi connectivity index (χ0) is 10.5. The van der Waals surface area contributed by atoms with Crippen LogP contribution in [0.15, 0.2) is 18.5 Å². The molecule has 1 aliphatic carbocycles. The summed E-state index contributed by atoms with van der Waals surface area (Å²) in [7, 11) is 0. The second-order valence-corrected chi connectivity index (χ2v) is 4.48. The summed E-state index contributed by atoms with van der Waals surface area (Å²) >= 11 is 0. The second kappa shape index (κ2) is 5.33. The average Bonchev–Trinajstić information content (AvgIpc) is 2.88. The van der Waals surface area contributed by atoms with Crippen LogP contribution >= 0.6 is 0 Å². The van der Waals surface area contributed by atoms with Gasteiger partial charge in [0.1, 0.15) is 0 Å². The maximum Gasteiger partial charge on any atom is 0.0462 e. The minimum Gasteiger partial charge on any atom is -0.396 e. The van der Waals surface area contributed by atoms with Crippen molar-refractivity contribution in [2.75, 3.05) is 13.2 Å². The SMILES string of the molecule is OCC1CCCC1CNCc1cc[nH]c1. The number of nitrogens with one attached hydrogen (secondary N) is 2. The minimum atomic E-state index is 0.358. The highest BCUT2D eigenvalue weighted by Crippen LogP contribution is 2.30. The fourth-order valence-corrected chi connectivity index (χ4v) is 2.49. The number of aliphatic hydroxyl groups excluding tert-OH is 1. The number of hydrogen-bond acceptors (Lipinski definition) is 2. The number of aromatic nitrogens is 1. The number of H-pyrrole nitrogens is 1. The molecule has 0 radical (unpaired) electrons. The van der Waals surface area contributed by atoms with Crippen molar-refractivity contribution in [2.45, 2.75) is 25.8 Å². The molecule has 84 valence electrons. The van der Waals surface area contributed by atoms with Crippen molar-refractivity contribution < 1.29 is 5.11 Å². The Balaban J connectivity index is 1.69. The summed E-state index contributed by atoms with van der Waals surface area (Å²) in [5, 5.41) is 12.6. The van der Waals surface area contributed by atoms with Crippen LogP contribution in [0.1, 0.15) is 24.8 Å². The molecule has 0 saturated heterocycles. The van der Waals surface area contributed by atoms with E-state index in [4.69, 9.17) is 0 Å². The third-order valence-corrected chi connectivity index (χ3v) is 3.45. The molecule has 0 spiro atoms. The van der Waals surface area contributed by atoms with E-state index < -0.39 is 0 Å². The lowest BCUT2D eigenvalue weighted by Crippen LogP contribution is -2.26. The Morgan fingerprint density at radius 3 is 3.00 bits per heavy atom. The van der Waals surface area contributed by atoms with E-state index in [1.165, 1.54) is 24.8 Å². The molecule has 2 rings (SSSR count). The fraction of sp³-hybridized carbons (Fsp3) is 0.667. The zero-order valence-corrected chi connectivity index (χ0v) is 9.08. The third-order valence-electron chi connectivity index (χ3n) is 3.45. The highest BCUT2D eigenvalue weighted by molar-refractivity contribution is 5.07. The van der Waals surface area contributed by atoms with Crippen LogP contribution in [0.25, 0.3) is 0 Å². The van der Waals surface area contributed by atoms with E-state index in [2.05, 4.69) is 16.4 Å². The molecule has 3 nitrogen and oxygen atoms in total. The summed E-state index contributed by atoms with van der Waals surface area (Å²) in [6, 6.07) is 2.09. The van der Waals surface area contributed by atoms with Gasteiger partial charge in [-0.15, -0.1) is 0 Å². The molecule has 3 N–H and O–H groups in total. The van der Waals surface area contributed by atoms with Crippen LogP contribution in [-0.2, 0) is 6.54 Å². The fourth-order valence-electron chi connectivity index (χ4n) is 2.49. The lowest BCUT2D eigenvalue weighted by Gasteiger charge is -2.17. The van der Waals surface area contributed by atoms with Crippen LogP contribution in [0.3, 0.4) is 0 Å². The van der Waals surface area contributed by atoms with E-state index in [9.17, 15) is 5.11 Å². The van der Waals surface area contributed by atoms with Crippen molar-refractivity contribution in [1.29, 1.82) is 0 Å². The average molecular weight is 208 g/mol. The molecular weight excluding hydrogens is 188 g/mol. The summed E-state index contributed by atoms with van der Waals surface area (Å²) in [6.45, 7) is 2.32. The summed E-state index contributed by atoms with van der Waals surface area (Å²) in [5.74, 6) is 1.21. The molecule has 0 bridgehead atoms. The highest BCUT2D eigenvalue weighted by atomic mass is 16.3. The van der Waals surface area contributed by atoms with E-state index in [-0.39, 0.29) is 0 Å². The van der Waals surface area contributed by atoms with Crippen molar-refractivity contribution >= 4 is 0 Å². The first kappa shape index (κ1) is 10.7. The Bertz CT molecular complexity index is 271. The Morgan fingerprint density at radius 1 is 1.40 bits per heavy atom. The highest BCUT2D eigenvalue weighted by Gasteiger charge is 2.25. The quantitative estimate of drug-likeness (QED) is 0.687. The molecule has 2 atom stereocenters. The Hall–Kier alpha value is -0.800. The molecule has 3 heteroatoms. The first-order valence-electron chi connectivity index (χ1n) is 5.83. The van der Waals surface area contributed by atoms with Crippen LogP contribution in [-0.4, -0.2) is 23.2 Å². The number of aromatic amines is 1. The van der Waals surface area contributed by atoms with E-state index in [1.54, 1.807) is 0 Å². The van der Waals surface area contributed by atoms with Gasteiger partial charge in [-0.1, -0.05) is 6.42 Å². The van der Waals surface area contributed by atoms with Gasteiger partial charge in [-0.3, -0.25) is 0 Å². The molecule has 1 aromatic heterocycles. The number of rotatable bonds is 5. The molecule has 0 aliphatic heterocycles. The van der Waals surface area contributed by atoms with Gasteiger partial charge in [-0.25, -0.2) is 0 Å². The first-order valence-corrected chi connectivity index (χ1v) is 5.83. The van der Waals surface area contributed by atoms with Crippen molar-refractivity contribution in [2.24, 2.45) is 11.8 Å². The van der Waals surface area contributed by atoms with Crippen molar-refractivity contribution in [3.05, 3.63) is 24.0 Å². The molecule has 1 fully saturated rings. The monoisotopic (exact) mass is 208 g/mol. The first-order chi connectivity index (χ1) is 7.40. The summed E-state index contributed by atoms with van der Waals surface area (Å²) in [6.07, 6.45) is 7.72. The van der Waals surface area contributed by atoms with Crippen molar-refractivity contribution in [3.8, 4) is 0 Å². The second-order valence-electron chi connectivity index (χ2n) is 4.48. The largest absolute Gasteiger partial charge is 0.396 e. The number of hydrogen-bond donors (Lipinski definition) is 3. The van der Waals surface area contributed by atoms with Crippen molar-refractivity contribution in [3.63, 3.8) is 0 Å². The van der Waals surface area contributed by atoms with Crippen LogP contribution in [0.4, 0.5) is 0 Å². The van der Waals surface area contributed by atoms with Gasteiger partial charge in [0.05, 0.1) is 0 Å². The minimum absolute atomic E-state index is 0.358. The lowest BCUT2D eigenvalue weighted by atomic mass is 9.97. The van der Waals surface area contributed by atoms with Gasteiger partial charge in [0.25, 0.3) is 0 Å². The normalized spacial score (nSPS) is 25.9. The molecule has 0 amide bonds. The smallest absolute Gasteiger partial charge is 0.0462 e. The van der Waals surface area contributed by atoms with Gasteiger partial charge in [0, 0.05) is 25.5 Å². The van der Waals surface area contributed by atoms with Gasteiger partial charge in [-0.2, -0.15) is 0 Å². The Morgan fingerprint density at radius 2 is 2.27 bits per heavy atom. The Kier molecular flexibility index (Phi) is 3.80. The maximum atomic E-state index is 9.19. The van der Waals surface area contributed by atoms with Crippen LogP contribution in [0.5, 0.6) is 0 Å². The molecule has 1 aliphatic rings. The van der Waals surface area contributed by atoms with E-state index in [0.717, 1.165) is 13.1 Å². The molecule has 1 aromatic rings. The molecule has 2 unspecified atom stereocenters.